The van der Waals surface area contributed by atoms with Crippen molar-refractivity contribution in [2.75, 3.05) is 67.6 Å². The van der Waals surface area contributed by atoms with Gasteiger partial charge in [-0.1, -0.05) is 6.08 Å². The van der Waals surface area contributed by atoms with Gasteiger partial charge in [0.1, 0.15) is 18.0 Å². The van der Waals surface area contributed by atoms with Crippen LogP contribution in [0.5, 0.6) is 11.5 Å². The standard InChI is InChI=1S/C21H33N5O3/c1-6-9-22-21(23-15-20(27)24(2)3)26-12-10-25(11-13-26)16-17-14-18(28-4)7-8-19(17)29-5/h6-8,14H,1,9-13,15-16H2,2-5H3,(H,22,23). The minimum Gasteiger partial charge on any atom is -0.497 e. The molecule has 1 saturated heterocycles. The Morgan fingerprint density at radius 2 is 1.97 bits per heavy atom. The van der Waals surface area contributed by atoms with Gasteiger partial charge in [-0.25, -0.2) is 4.99 Å². The van der Waals surface area contributed by atoms with E-state index >= 15 is 0 Å². The molecule has 1 aliphatic rings. The number of rotatable bonds is 8. The van der Waals surface area contributed by atoms with Crippen LogP contribution in [0.25, 0.3) is 0 Å². The molecule has 0 saturated carbocycles. The van der Waals surface area contributed by atoms with E-state index in [0.717, 1.165) is 55.7 Å². The molecule has 8 nitrogen and oxygen atoms in total. The number of benzene rings is 1. The largest absolute Gasteiger partial charge is 0.497 e. The molecule has 1 amide bonds. The van der Waals surface area contributed by atoms with Gasteiger partial charge in [-0.05, 0) is 18.2 Å². The summed E-state index contributed by atoms with van der Waals surface area (Å²) in [5.74, 6) is 2.42. The molecule has 1 aliphatic heterocycles. The fourth-order valence-corrected chi connectivity index (χ4v) is 3.08. The summed E-state index contributed by atoms with van der Waals surface area (Å²) in [7, 11) is 6.83. The Kier molecular flexibility index (Phi) is 8.79. The lowest BCUT2D eigenvalue weighted by atomic mass is 10.1. The van der Waals surface area contributed by atoms with Gasteiger partial charge >= 0.3 is 0 Å². The van der Waals surface area contributed by atoms with E-state index in [1.54, 1.807) is 39.3 Å². The van der Waals surface area contributed by atoms with Crippen LogP contribution in [0.4, 0.5) is 0 Å². The Balaban J connectivity index is 1.99. The van der Waals surface area contributed by atoms with Crippen LogP contribution in [0.2, 0.25) is 0 Å². The van der Waals surface area contributed by atoms with E-state index in [-0.39, 0.29) is 12.5 Å². The Labute approximate surface area is 173 Å². The van der Waals surface area contributed by atoms with Crippen molar-refractivity contribution in [3.8, 4) is 11.5 Å². The maximum absolute atomic E-state index is 11.9. The Hall–Kier alpha value is -2.74. The maximum Gasteiger partial charge on any atom is 0.243 e. The number of nitrogens with zero attached hydrogens (tertiary/aromatic N) is 4. The molecule has 1 aromatic rings. The highest BCUT2D eigenvalue weighted by atomic mass is 16.5. The summed E-state index contributed by atoms with van der Waals surface area (Å²) < 4.78 is 10.8. The number of aliphatic imine (C=N–C) groups is 1. The van der Waals surface area contributed by atoms with Crippen LogP contribution in [-0.2, 0) is 11.3 Å². The van der Waals surface area contributed by atoms with Gasteiger partial charge in [-0.15, -0.1) is 6.58 Å². The summed E-state index contributed by atoms with van der Waals surface area (Å²) in [6.45, 7) is 8.70. The van der Waals surface area contributed by atoms with Crippen LogP contribution >= 0.6 is 0 Å². The zero-order valence-electron chi connectivity index (χ0n) is 18.0. The molecule has 8 heteroatoms. The summed E-state index contributed by atoms with van der Waals surface area (Å²) in [5, 5.41) is 3.26. The number of piperazine rings is 1. The molecular weight excluding hydrogens is 370 g/mol. The predicted octanol–water partition coefficient (Wildman–Crippen LogP) is 1.04. The molecule has 1 fully saturated rings. The lowest BCUT2D eigenvalue weighted by Gasteiger charge is -2.36. The van der Waals surface area contributed by atoms with Gasteiger partial charge in [0.15, 0.2) is 5.96 Å². The molecule has 0 aliphatic carbocycles. The van der Waals surface area contributed by atoms with E-state index in [9.17, 15) is 4.79 Å². The normalized spacial score (nSPS) is 15.0. The van der Waals surface area contributed by atoms with Crippen molar-refractivity contribution in [1.82, 2.24) is 20.0 Å². The third kappa shape index (κ3) is 6.67. The molecule has 0 aromatic heterocycles. The number of hydrogen-bond acceptors (Lipinski definition) is 5. The number of likely N-dealkylation sites (N-methyl/N-ethyl adjacent to an activating group) is 1. The average molecular weight is 404 g/mol. The number of guanidine groups is 1. The minimum atomic E-state index is -0.0216. The molecule has 0 spiro atoms. The van der Waals surface area contributed by atoms with E-state index in [4.69, 9.17) is 9.47 Å². The van der Waals surface area contributed by atoms with Crippen LogP contribution in [0.1, 0.15) is 5.56 Å². The van der Waals surface area contributed by atoms with Gasteiger partial charge in [0.05, 0.1) is 14.2 Å². The van der Waals surface area contributed by atoms with E-state index in [1.807, 2.05) is 18.2 Å². The van der Waals surface area contributed by atoms with Gasteiger partial charge in [-0.3, -0.25) is 9.69 Å². The van der Waals surface area contributed by atoms with Gasteiger partial charge in [-0.2, -0.15) is 0 Å². The van der Waals surface area contributed by atoms with Gasteiger partial charge < -0.3 is 24.6 Å². The Bertz CT molecular complexity index is 712. The first-order valence-electron chi connectivity index (χ1n) is 9.76. The maximum atomic E-state index is 11.9. The molecule has 2 rings (SSSR count). The van der Waals surface area contributed by atoms with Crippen molar-refractivity contribution < 1.29 is 14.3 Å². The average Bonchev–Trinajstić information content (AvgIpc) is 2.74. The molecule has 160 valence electrons. The quantitative estimate of drug-likeness (QED) is 0.397. The molecule has 1 heterocycles. The lowest BCUT2D eigenvalue weighted by molar-refractivity contribution is -0.127. The fourth-order valence-electron chi connectivity index (χ4n) is 3.08. The van der Waals surface area contributed by atoms with Crippen LogP contribution in [0.3, 0.4) is 0 Å². The first-order valence-corrected chi connectivity index (χ1v) is 9.76. The van der Waals surface area contributed by atoms with Crippen molar-refractivity contribution in [2.24, 2.45) is 4.99 Å². The zero-order valence-corrected chi connectivity index (χ0v) is 18.0. The topological polar surface area (TPSA) is 69.6 Å². The minimum absolute atomic E-state index is 0.0216. The highest BCUT2D eigenvalue weighted by Gasteiger charge is 2.21. The Morgan fingerprint density at radius 1 is 1.24 bits per heavy atom. The monoisotopic (exact) mass is 403 g/mol. The molecule has 1 N–H and O–H groups in total. The van der Waals surface area contributed by atoms with E-state index < -0.39 is 0 Å². The second-order valence-electron chi connectivity index (χ2n) is 7.04. The fraction of sp³-hybridized carbons (Fsp3) is 0.524. The van der Waals surface area contributed by atoms with Crippen LogP contribution < -0.4 is 14.8 Å². The summed E-state index contributed by atoms with van der Waals surface area (Å²) >= 11 is 0. The molecule has 0 bridgehead atoms. The number of nitrogens with one attached hydrogen (secondary N) is 1. The number of ether oxygens (including phenoxy) is 2. The smallest absolute Gasteiger partial charge is 0.243 e. The zero-order chi connectivity index (χ0) is 21.2. The van der Waals surface area contributed by atoms with Crippen LogP contribution in [0, 0.1) is 0 Å². The molecular formula is C21H33N5O3. The summed E-state index contributed by atoms with van der Waals surface area (Å²) in [4.78, 5) is 22.5. The van der Waals surface area contributed by atoms with Crippen LogP contribution in [-0.4, -0.2) is 94.1 Å². The third-order valence-electron chi connectivity index (χ3n) is 4.82. The number of hydrogen-bond donors (Lipinski definition) is 1. The summed E-state index contributed by atoms with van der Waals surface area (Å²) in [6.07, 6.45) is 1.79. The van der Waals surface area contributed by atoms with Crippen molar-refractivity contribution in [1.29, 1.82) is 0 Å². The molecule has 1 aromatic carbocycles. The molecule has 0 unspecified atom stereocenters. The summed E-state index contributed by atoms with van der Waals surface area (Å²) in [5.41, 5.74) is 1.11. The SMILES string of the molecule is C=CCNC(=NCC(=O)N(C)C)N1CCN(Cc2cc(OC)ccc2OC)CC1. The van der Waals surface area contributed by atoms with Crippen molar-refractivity contribution in [3.63, 3.8) is 0 Å². The first-order chi connectivity index (χ1) is 14.0. The summed E-state index contributed by atoms with van der Waals surface area (Å²) in [6, 6.07) is 5.87. The number of carbonyl (C=O) groups excluding carboxylic acids is 1. The number of carbonyl (C=O) groups is 1. The number of methoxy groups -OCH3 is 2. The first kappa shape index (κ1) is 22.5. The van der Waals surface area contributed by atoms with E-state index in [0.29, 0.717) is 6.54 Å². The second-order valence-corrected chi connectivity index (χ2v) is 7.04. The third-order valence-corrected chi connectivity index (χ3v) is 4.82. The molecule has 0 atom stereocenters. The van der Waals surface area contributed by atoms with Gasteiger partial charge in [0, 0.05) is 58.9 Å². The highest BCUT2D eigenvalue weighted by molar-refractivity contribution is 5.85. The van der Waals surface area contributed by atoms with E-state index in [2.05, 4.69) is 26.7 Å². The van der Waals surface area contributed by atoms with Crippen molar-refractivity contribution in [2.45, 2.75) is 6.54 Å². The Morgan fingerprint density at radius 3 is 2.55 bits per heavy atom. The van der Waals surface area contributed by atoms with Gasteiger partial charge in [0.2, 0.25) is 5.91 Å². The van der Waals surface area contributed by atoms with Gasteiger partial charge in [0.25, 0.3) is 0 Å². The van der Waals surface area contributed by atoms with Crippen LogP contribution in [0.15, 0.2) is 35.8 Å². The lowest BCUT2D eigenvalue weighted by Crippen LogP contribution is -2.52. The number of amides is 1. The molecule has 29 heavy (non-hydrogen) atoms. The molecule has 0 radical (unpaired) electrons. The van der Waals surface area contributed by atoms with E-state index in [1.165, 1.54) is 0 Å². The van der Waals surface area contributed by atoms with Crippen molar-refractivity contribution in [3.05, 3.63) is 36.4 Å². The second kappa shape index (κ2) is 11.3. The highest BCUT2D eigenvalue weighted by Crippen LogP contribution is 2.25. The predicted molar refractivity (Wildman–Crippen MR) is 116 cm³/mol. The van der Waals surface area contributed by atoms with Crippen molar-refractivity contribution >= 4 is 11.9 Å².